The lowest BCUT2D eigenvalue weighted by Crippen LogP contribution is -2.53. The maximum atomic E-state index is 3.78. The first kappa shape index (κ1) is 14.3. The largest absolute Gasteiger partial charge is 0.312 e. The van der Waals surface area contributed by atoms with Crippen molar-refractivity contribution in [2.24, 2.45) is 11.8 Å². The van der Waals surface area contributed by atoms with Crippen LogP contribution in [-0.2, 0) is 0 Å². The standard InChI is InChI=1S/C16H32N2/c1-13(2)10-17-15-9-14(3)11-18(12-15)16-7-5-4-6-8-16/h13-17H,4-12H2,1-3H3. The quantitative estimate of drug-likeness (QED) is 0.826. The molecular weight excluding hydrogens is 220 g/mol. The fourth-order valence-corrected chi connectivity index (χ4v) is 3.69. The molecule has 1 aliphatic carbocycles. The lowest BCUT2D eigenvalue weighted by Gasteiger charge is -2.43. The third kappa shape index (κ3) is 4.24. The summed E-state index contributed by atoms with van der Waals surface area (Å²) in [6, 6.07) is 1.63. The van der Waals surface area contributed by atoms with Crippen LogP contribution in [0.3, 0.4) is 0 Å². The number of rotatable bonds is 4. The molecule has 0 spiro atoms. The van der Waals surface area contributed by atoms with Gasteiger partial charge in [-0.3, -0.25) is 4.90 Å². The molecule has 106 valence electrons. The normalized spacial score (nSPS) is 32.0. The summed E-state index contributed by atoms with van der Waals surface area (Å²) in [4.78, 5) is 2.80. The Kier molecular flexibility index (Phi) is 5.50. The van der Waals surface area contributed by atoms with Crippen LogP contribution in [0.5, 0.6) is 0 Å². The highest BCUT2D eigenvalue weighted by Crippen LogP contribution is 2.27. The minimum Gasteiger partial charge on any atom is -0.312 e. The van der Waals surface area contributed by atoms with Crippen molar-refractivity contribution in [3.8, 4) is 0 Å². The molecule has 1 aliphatic heterocycles. The van der Waals surface area contributed by atoms with Gasteiger partial charge in [0.15, 0.2) is 0 Å². The molecule has 0 aromatic carbocycles. The van der Waals surface area contributed by atoms with E-state index in [0.717, 1.165) is 23.9 Å². The molecule has 0 aromatic rings. The highest BCUT2D eigenvalue weighted by atomic mass is 15.2. The molecular formula is C16H32N2. The minimum atomic E-state index is 0.734. The molecule has 2 fully saturated rings. The number of hydrogen-bond acceptors (Lipinski definition) is 2. The Balaban J connectivity index is 1.83. The van der Waals surface area contributed by atoms with E-state index in [1.807, 2.05) is 0 Å². The van der Waals surface area contributed by atoms with Gasteiger partial charge in [0.25, 0.3) is 0 Å². The molecule has 2 heteroatoms. The first-order valence-electron chi connectivity index (χ1n) is 8.12. The van der Waals surface area contributed by atoms with Crippen LogP contribution >= 0.6 is 0 Å². The van der Waals surface area contributed by atoms with Crippen molar-refractivity contribution in [2.45, 2.75) is 71.4 Å². The average molecular weight is 252 g/mol. The zero-order valence-corrected chi connectivity index (χ0v) is 12.6. The Morgan fingerprint density at radius 1 is 1.11 bits per heavy atom. The van der Waals surface area contributed by atoms with Crippen LogP contribution in [0.2, 0.25) is 0 Å². The zero-order valence-electron chi connectivity index (χ0n) is 12.6. The summed E-state index contributed by atoms with van der Waals surface area (Å²) in [6.07, 6.45) is 8.65. The Labute approximate surface area is 114 Å². The van der Waals surface area contributed by atoms with E-state index in [1.165, 1.54) is 58.2 Å². The molecule has 1 saturated heterocycles. The van der Waals surface area contributed by atoms with Crippen LogP contribution in [0.15, 0.2) is 0 Å². The monoisotopic (exact) mass is 252 g/mol. The Bertz CT molecular complexity index is 233. The molecule has 2 atom stereocenters. The van der Waals surface area contributed by atoms with Gasteiger partial charge in [-0.1, -0.05) is 40.0 Å². The van der Waals surface area contributed by atoms with Gasteiger partial charge in [0.2, 0.25) is 0 Å². The van der Waals surface area contributed by atoms with Gasteiger partial charge in [0, 0.05) is 25.2 Å². The highest BCUT2D eigenvalue weighted by molar-refractivity contribution is 4.86. The van der Waals surface area contributed by atoms with Gasteiger partial charge in [-0.05, 0) is 37.6 Å². The summed E-state index contributed by atoms with van der Waals surface area (Å²) >= 11 is 0. The predicted molar refractivity (Wildman–Crippen MR) is 78.9 cm³/mol. The minimum absolute atomic E-state index is 0.734. The number of nitrogens with zero attached hydrogens (tertiary/aromatic N) is 1. The van der Waals surface area contributed by atoms with Crippen molar-refractivity contribution < 1.29 is 0 Å². The van der Waals surface area contributed by atoms with Crippen LogP contribution in [0, 0.1) is 11.8 Å². The van der Waals surface area contributed by atoms with E-state index >= 15 is 0 Å². The zero-order chi connectivity index (χ0) is 13.0. The molecule has 2 rings (SSSR count). The predicted octanol–water partition coefficient (Wildman–Crippen LogP) is 3.28. The van der Waals surface area contributed by atoms with Gasteiger partial charge in [0.1, 0.15) is 0 Å². The third-order valence-electron chi connectivity index (χ3n) is 4.59. The molecule has 0 bridgehead atoms. The van der Waals surface area contributed by atoms with Gasteiger partial charge in [-0.25, -0.2) is 0 Å². The topological polar surface area (TPSA) is 15.3 Å². The number of nitrogens with one attached hydrogen (secondary N) is 1. The first-order chi connectivity index (χ1) is 8.65. The summed E-state index contributed by atoms with van der Waals surface area (Å²) < 4.78 is 0. The summed E-state index contributed by atoms with van der Waals surface area (Å²) in [5.41, 5.74) is 0. The van der Waals surface area contributed by atoms with Gasteiger partial charge >= 0.3 is 0 Å². The van der Waals surface area contributed by atoms with Crippen molar-refractivity contribution in [1.82, 2.24) is 10.2 Å². The van der Waals surface area contributed by atoms with Crippen molar-refractivity contribution in [3.05, 3.63) is 0 Å². The van der Waals surface area contributed by atoms with E-state index in [-0.39, 0.29) is 0 Å². The highest BCUT2D eigenvalue weighted by Gasteiger charge is 2.29. The van der Waals surface area contributed by atoms with Crippen molar-refractivity contribution in [2.75, 3.05) is 19.6 Å². The van der Waals surface area contributed by atoms with Crippen LogP contribution in [0.1, 0.15) is 59.3 Å². The van der Waals surface area contributed by atoms with E-state index < -0.39 is 0 Å². The van der Waals surface area contributed by atoms with Gasteiger partial charge in [-0.15, -0.1) is 0 Å². The maximum absolute atomic E-state index is 3.78. The van der Waals surface area contributed by atoms with Crippen molar-refractivity contribution >= 4 is 0 Å². The van der Waals surface area contributed by atoms with Crippen LogP contribution in [0.25, 0.3) is 0 Å². The third-order valence-corrected chi connectivity index (χ3v) is 4.59. The van der Waals surface area contributed by atoms with E-state index in [4.69, 9.17) is 0 Å². The number of likely N-dealkylation sites (tertiary alicyclic amines) is 1. The fourth-order valence-electron chi connectivity index (χ4n) is 3.69. The average Bonchev–Trinajstić information content (AvgIpc) is 2.37. The summed E-state index contributed by atoms with van der Waals surface area (Å²) in [7, 11) is 0. The Morgan fingerprint density at radius 3 is 2.50 bits per heavy atom. The van der Waals surface area contributed by atoms with Crippen molar-refractivity contribution in [1.29, 1.82) is 0 Å². The van der Waals surface area contributed by atoms with Crippen LogP contribution < -0.4 is 5.32 Å². The summed E-state index contributed by atoms with van der Waals surface area (Å²) in [5, 5.41) is 3.78. The second kappa shape index (κ2) is 6.91. The number of hydrogen-bond donors (Lipinski definition) is 1. The molecule has 1 N–H and O–H groups in total. The van der Waals surface area contributed by atoms with Gasteiger partial charge < -0.3 is 5.32 Å². The lowest BCUT2D eigenvalue weighted by atomic mass is 9.89. The van der Waals surface area contributed by atoms with Gasteiger partial charge in [0.05, 0.1) is 0 Å². The molecule has 1 heterocycles. The second-order valence-corrected chi connectivity index (χ2v) is 7.09. The molecule has 2 unspecified atom stereocenters. The molecule has 18 heavy (non-hydrogen) atoms. The van der Waals surface area contributed by atoms with Crippen LogP contribution in [0.4, 0.5) is 0 Å². The van der Waals surface area contributed by atoms with Crippen molar-refractivity contribution in [3.63, 3.8) is 0 Å². The molecule has 0 radical (unpaired) electrons. The first-order valence-corrected chi connectivity index (χ1v) is 8.12. The van der Waals surface area contributed by atoms with E-state index in [2.05, 4.69) is 31.0 Å². The fraction of sp³-hybridized carbons (Fsp3) is 1.00. The van der Waals surface area contributed by atoms with Crippen LogP contribution in [-0.4, -0.2) is 36.6 Å². The second-order valence-electron chi connectivity index (χ2n) is 7.09. The van der Waals surface area contributed by atoms with E-state index in [1.54, 1.807) is 0 Å². The molecule has 2 nitrogen and oxygen atoms in total. The molecule has 2 aliphatic rings. The van der Waals surface area contributed by atoms with E-state index in [0.29, 0.717) is 0 Å². The smallest absolute Gasteiger partial charge is 0.0198 e. The maximum Gasteiger partial charge on any atom is 0.0198 e. The SMILES string of the molecule is CC(C)CNC1CC(C)CN(C2CCCCC2)C1. The van der Waals surface area contributed by atoms with E-state index in [9.17, 15) is 0 Å². The molecule has 1 saturated carbocycles. The Morgan fingerprint density at radius 2 is 1.83 bits per heavy atom. The molecule has 0 amide bonds. The summed E-state index contributed by atoms with van der Waals surface area (Å²) in [6.45, 7) is 10.8. The Hall–Kier alpha value is -0.0800. The lowest BCUT2D eigenvalue weighted by molar-refractivity contribution is 0.0821. The molecule has 0 aromatic heterocycles. The number of piperidine rings is 1. The van der Waals surface area contributed by atoms with Gasteiger partial charge in [-0.2, -0.15) is 0 Å². The summed E-state index contributed by atoms with van der Waals surface area (Å²) in [5.74, 6) is 1.63.